The van der Waals surface area contributed by atoms with E-state index < -0.39 is 0 Å². The van der Waals surface area contributed by atoms with Crippen LogP contribution in [0.2, 0.25) is 0 Å². The number of hydrogen-bond donors (Lipinski definition) is 0. The molecule has 96 valence electrons. The van der Waals surface area contributed by atoms with Gasteiger partial charge >= 0.3 is 5.97 Å². The van der Waals surface area contributed by atoms with Gasteiger partial charge in [-0.05, 0) is 17.4 Å². The number of hydrogen-bond acceptors (Lipinski definition) is 7. The number of carbonyl (C=O) groups excluding carboxylic acids is 1. The zero-order valence-corrected chi connectivity index (χ0v) is 10.3. The first kappa shape index (κ1) is 12.2. The molecule has 2 aromatic rings. The smallest absolute Gasteiger partial charge is 0.307 e. The summed E-state index contributed by atoms with van der Waals surface area (Å²) in [5.41, 5.74) is 0.565. The van der Waals surface area contributed by atoms with Crippen molar-refractivity contribution in [2.75, 3.05) is 25.1 Å². The predicted molar refractivity (Wildman–Crippen MR) is 63.1 cm³/mol. The fourth-order valence-corrected chi connectivity index (χ4v) is 1.53. The maximum absolute atomic E-state index is 11.3. The third-order valence-electron chi connectivity index (χ3n) is 2.44. The molecule has 0 atom stereocenters. The summed E-state index contributed by atoms with van der Waals surface area (Å²) in [4.78, 5) is 17.2. The molecule has 8 nitrogen and oxygen atoms in total. The zero-order chi connectivity index (χ0) is 13.0. The molecular formula is C10H14N6O2. The predicted octanol–water partition coefficient (Wildman–Crippen LogP) is -0.0913. The molecule has 8 heteroatoms. The Morgan fingerprint density at radius 1 is 1.50 bits per heavy atom. The maximum Gasteiger partial charge on any atom is 0.307 e. The van der Waals surface area contributed by atoms with Gasteiger partial charge in [0, 0.05) is 13.6 Å². The van der Waals surface area contributed by atoms with E-state index in [4.69, 9.17) is 4.74 Å². The highest BCUT2D eigenvalue weighted by Gasteiger charge is 2.10. The van der Waals surface area contributed by atoms with Crippen LogP contribution in [0.4, 0.5) is 5.82 Å². The van der Waals surface area contributed by atoms with Crippen molar-refractivity contribution >= 4 is 17.4 Å². The Kier molecular flexibility index (Phi) is 3.66. The molecule has 2 aromatic heterocycles. The second kappa shape index (κ2) is 5.39. The molecule has 0 aromatic carbocycles. The van der Waals surface area contributed by atoms with Crippen molar-refractivity contribution in [1.29, 1.82) is 0 Å². The molecule has 0 radical (unpaired) electrons. The molecule has 0 aliphatic rings. The molecule has 0 N–H and O–H groups in total. The second-order valence-corrected chi connectivity index (χ2v) is 3.69. The van der Waals surface area contributed by atoms with Crippen LogP contribution in [-0.2, 0) is 9.53 Å². The van der Waals surface area contributed by atoms with E-state index in [1.54, 1.807) is 23.8 Å². The topological polar surface area (TPSA) is 85.5 Å². The van der Waals surface area contributed by atoms with Crippen LogP contribution in [0.15, 0.2) is 12.4 Å². The molecule has 0 aliphatic heterocycles. The van der Waals surface area contributed by atoms with E-state index in [0.717, 1.165) is 5.82 Å². The first-order valence-corrected chi connectivity index (χ1v) is 5.61. The SMILES string of the molecule is CCOC(=O)CCN(C)c1cncc2nnnn12. The second-order valence-electron chi connectivity index (χ2n) is 3.69. The Hall–Kier alpha value is -2.25. The summed E-state index contributed by atoms with van der Waals surface area (Å²) in [6, 6.07) is 0. The minimum absolute atomic E-state index is 0.221. The number of ether oxygens (including phenoxy) is 1. The van der Waals surface area contributed by atoms with E-state index in [9.17, 15) is 4.79 Å². The van der Waals surface area contributed by atoms with Crippen LogP contribution in [0.5, 0.6) is 0 Å². The number of rotatable bonds is 5. The minimum atomic E-state index is -0.221. The van der Waals surface area contributed by atoms with Crippen LogP contribution in [0, 0.1) is 0 Å². The number of anilines is 1. The van der Waals surface area contributed by atoms with Crippen molar-refractivity contribution in [3.63, 3.8) is 0 Å². The summed E-state index contributed by atoms with van der Waals surface area (Å²) in [5, 5.41) is 11.2. The lowest BCUT2D eigenvalue weighted by Gasteiger charge is -2.18. The Bertz CT molecular complexity index is 540. The van der Waals surface area contributed by atoms with E-state index in [0.29, 0.717) is 25.2 Å². The lowest BCUT2D eigenvalue weighted by atomic mass is 10.4. The van der Waals surface area contributed by atoms with Gasteiger partial charge in [-0.15, -0.1) is 5.10 Å². The highest BCUT2D eigenvalue weighted by Crippen LogP contribution is 2.11. The molecule has 0 unspecified atom stereocenters. The Morgan fingerprint density at radius 2 is 2.33 bits per heavy atom. The molecule has 0 saturated carbocycles. The summed E-state index contributed by atoms with van der Waals surface area (Å²) < 4.78 is 6.44. The van der Waals surface area contributed by atoms with Crippen molar-refractivity contribution in [3.05, 3.63) is 12.4 Å². The molecule has 2 heterocycles. The van der Waals surface area contributed by atoms with E-state index in [1.165, 1.54) is 0 Å². The van der Waals surface area contributed by atoms with Gasteiger partial charge < -0.3 is 9.64 Å². The number of fused-ring (bicyclic) bond motifs is 1. The van der Waals surface area contributed by atoms with Crippen molar-refractivity contribution in [1.82, 2.24) is 25.0 Å². The average molecular weight is 250 g/mol. The van der Waals surface area contributed by atoms with Crippen LogP contribution < -0.4 is 4.90 Å². The van der Waals surface area contributed by atoms with Gasteiger partial charge in [0.15, 0.2) is 11.5 Å². The Labute approximate surface area is 104 Å². The van der Waals surface area contributed by atoms with Crippen LogP contribution in [0.25, 0.3) is 5.65 Å². The van der Waals surface area contributed by atoms with Gasteiger partial charge in [-0.25, -0.2) is 0 Å². The van der Waals surface area contributed by atoms with Crippen molar-refractivity contribution in [2.45, 2.75) is 13.3 Å². The quantitative estimate of drug-likeness (QED) is 0.685. The minimum Gasteiger partial charge on any atom is -0.466 e. The summed E-state index contributed by atoms with van der Waals surface area (Å²) in [6.45, 7) is 2.69. The van der Waals surface area contributed by atoms with Gasteiger partial charge in [-0.1, -0.05) is 0 Å². The third-order valence-corrected chi connectivity index (χ3v) is 2.44. The van der Waals surface area contributed by atoms with Crippen LogP contribution in [0.3, 0.4) is 0 Å². The molecule has 0 aliphatic carbocycles. The van der Waals surface area contributed by atoms with E-state index in [1.807, 2.05) is 11.9 Å². The third kappa shape index (κ3) is 2.53. The highest BCUT2D eigenvalue weighted by atomic mass is 16.5. The average Bonchev–Trinajstić information content (AvgIpc) is 2.84. The maximum atomic E-state index is 11.3. The first-order valence-electron chi connectivity index (χ1n) is 5.61. The van der Waals surface area contributed by atoms with Gasteiger partial charge in [0.25, 0.3) is 0 Å². The lowest BCUT2D eigenvalue weighted by Crippen LogP contribution is -2.24. The van der Waals surface area contributed by atoms with Gasteiger partial charge in [0.05, 0.1) is 25.4 Å². The molecule has 18 heavy (non-hydrogen) atoms. The number of tetrazole rings is 1. The number of carbonyl (C=O) groups is 1. The van der Waals surface area contributed by atoms with Crippen molar-refractivity contribution < 1.29 is 9.53 Å². The molecular weight excluding hydrogens is 236 g/mol. The van der Waals surface area contributed by atoms with Crippen molar-refractivity contribution in [2.24, 2.45) is 0 Å². The number of aromatic nitrogens is 5. The van der Waals surface area contributed by atoms with Crippen molar-refractivity contribution in [3.8, 4) is 0 Å². The molecule has 2 rings (SSSR count). The largest absolute Gasteiger partial charge is 0.466 e. The van der Waals surface area contributed by atoms with Gasteiger partial charge in [0.2, 0.25) is 0 Å². The normalized spacial score (nSPS) is 10.6. The summed E-state index contributed by atoms with van der Waals surface area (Å²) >= 11 is 0. The van der Waals surface area contributed by atoms with E-state index in [2.05, 4.69) is 20.5 Å². The fourth-order valence-electron chi connectivity index (χ4n) is 1.53. The molecule has 0 amide bonds. The van der Waals surface area contributed by atoms with Gasteiger partial charge in [-0.3, -0.25) is 9.78 Å². The first-order chi connectivity index (χ1) is 8.72. The Morgan fingerprint density at radius 3 is 3.11 bits per heavy atom. The van der Waals surface area contributed by atoms with Crippen LogP contribution >= 0.6 is 0 Å². The lowest BCUT2D eigenvalue weighted by molar-refractivity contribution is -0.142. The summed E-state index contributed by atoms with van der Waals surface area (Å²) in [7, 11) is 1.84. The molecule has 0 fully saturated rings. The zero-order valence-electron chi connectivity index (χ0n) is 10.3. The number of nitrogens with zero attached hydrogens (tertiary/aromatic N) is 6. The monoisotopic (exact) mass is 250 g/mol. The van der Waals surface area contributed by atoms with Gasteiger partial charge in [-0.2, -0.15) is 4.52 Å². The molecule has 0 bridgehead atoms. The molecule has 0 spiro atoms. The van der Waals surface area contributed by atoms with Crippen LogP contribution in [0.1, 0.15) is 13.3 Å². The highest BCUT2D eigenvalue weighted by molar-refractivity contribution is 5.70. The van der Waals surface area contributed by atoms with E-state index in [-0.39, 0.29) is 5.97 Å². The fraction of sp³-hybridized carbons (Fsp3) is 0.500. The molecule has 0 saturated heterocycles. The Balaban J connectivity index is 2.06. The standard InChI is InChI=1S/C10H14N6O2/c1-3-18-10(17)4-5-15(2)9-7-11-6-8-12-13-14-16(8)9/h6-7H,3-5H2,1-2H3. The summed E-state index contributed by atoms with van der Waals surface area (Å²) in [6.07, 6.45) is 3.53. The summed E-state index contributed by atoms with van der Waals surface area (Å²) in [5.74, 6) is 0.503. The van der Waals surface area contributed by atoms with E-state index >= 15 is 0 Å². The van der Waals surface area contributed by atoms with Gasteiger partial charge in [0.1, 0.15) is 0 Å². The number of esters is 1. The van der Waals surface area contributed by atoms with Crippen LogP contribution in [-0.4, -0.2) is 51.2 Å².